The van der Waals surface area contributed by atoms with Gasteiger partial charge in [-0.2, -0.15) is 0 Å². The molecular weight excluding hydrogens is 333 g/mol. The van der Waals surface area contributed by atoms with Crippen LogP contribution in [0.3, 0.4) is 0 Å². The second-order valence-corrected chi connectivity index (χ2v) is 9.49. The fourth-order valence-corrected chi connectivity index (χ4v) is 5.32. The standard InChI is InChI=1S/C15H32N3O5P/c1-12-7-17(5)10-15(22-12)23-24(19,16(3)4)18-8-13(2)21-14(9-18)11-20-6/h12-15H,7-11H2,1-6H3/t12-,13-,14-,15+,24?/m0/s1. The third-order valence-electron chi connectivity index (χ3n) is 4.19. The van der Waals surface area contributed by atoms with Crippen LogP contribution < -0.4 is 0 Å². The molecule has 2 aliphatic rings. The third-order valence-corrected chi connectivity index (χ3v) is 6.75. The topological polar surface area (TPSA) is 63.7 Å². The van der Waals surface area contributed by atoms with E-state index in [1.807, 2.05) is 25.6 Å². The van der Waals surface area contributed by atoms with Crippen molar-refractivity contribution in [3.63, 3.8) is 0 Å². The van der Waals surface area contributed by atoms with E-state index in [2.05, 4.69) is 4.90 Å². The Morgan fingerprint density at radius 3 is 2.38 bits per heavy atom. The van der Waals surface area contributed by atoms with Crippen LogP contribution in [0.5, 0.6) is 0 Å². The van der Waals surface area contributed by atoms with E-state index in [-0.39, 0.29) is 18.3 Å². The Hall–Kier alpha value is -0.0500. The molecule has 8 nitrogen and oxygen atoms in total. The smallest absolute Gasteiger partial charge is 0.348 e. The summed E-state index contributed by atoms with van der Waals surface area (Å²) in [6.07, 6.45) is -0.616. The van der Waals surface area contributed by atoms with Gasteiger partial charge in [0, 0.05) is 33.3 Å². The second-order valence-electron chi connectivity index (χ2n) is 6.94. The Labute approximate surface area is 145 Å². The number of hydrogen-bond donors (Lipinski definition) is 0. The molecule has 2 aliphatic heterocycles. The van der Waals surface area contributed by atoms with E-state index in [1.54, 1.807) is 25.9 Å². The molecule has 0 aromatic rings. The number of nitrogens with zero attached hydrogens (tertiary/aromatic N) is 3. The highest BCUT2D eigenvalue weighted by Crippen LogP contribution is 2.54. The molecule has 0 aliphatic carbocycles. The van der Waals surface area contributed by atoms with Crippen molar-refractivity contribution in [2.24, 2.45) is 0 Å². The van der Waals surface area contributed by atoms with Crippen LogP contribution in [0.4, 0.5) is 0 Å². The van der Waals surface area contributed by atoms with Gasteiger partial charge in [-0.15, -0.1) is 0 Å². The Morgan fingerprint density at radius 1 is 1.12 bits per heavy atom. The lowest BCUT2D eigenvalue weighted by atomic mass is 10.2. The summed E-state index contributed by atoms with van der Waals surface area (Å²) in [5, 5.41) is 0. The largest absolute Gasteiger partial charge is 0.382 e. The molecule has 0 bridgehead atoms. The molecule has 0 aromatic heterocycles. The molecule has 2 rings (SSSR count). The van der Waals surface area contributed by atoms with Gasteiger partial charge in [0.15, 0.2) is 6.29 Å². The SMILES string of the molecule is COC[C@@H]1CN(P(=O)(O[C@@H]2CN(C)C[C@H](C)O2)N(C)C)C[C@H](C)O1. The van der Waals surface area contributed by atoms with E-state index in [0.29, 0.717) is 26.2 Å². The minimum Gasteiger partial charge on any atom is -0.382 e. The summed E-state index contributed by atoms with van der Waals surface area (Å²) in [5.41, 5.74) is 0. The first-order valence-corrected chi connectivity index (χ1v) is 9.97. The van der Waals surface area contributed by atoms with E-state index in [0.717, 1.165) is 6.54 Å². The molecule has 0 radical (unpaired) electrons. The van der Waals surface area contributed by atoms with Gasteiger partial charge in [0.2, 0.25) is 0 Å². The molecule has 0 N–H and O–H groups in total. The highest BCUT2D eigenvalue weighted by atomic mass is 31.2. The first-order valence-electron chi connectivity index (χ1n) is 8.44. The second kappa shape index (κ2) is 8.56. The summed E-state index contributed by atoms with van der Waals surface area (Å²) in [5.74, 6) is 0. The van der Waals surface area contributed by atoms with E-state index < -0.39 is 14.0 Å². The van der Waals surface area contributed by atoms with E-state index in [1.165, 1.54) is 0 Å². The average Bonchev–Trinajstić information content (AvgIpc) is 2.45. The number of hydrogen-bond acceptors (Lipinski definition) is 6. The van der Waals surface area contributed by atoms with Crippen molar-refractivity contribution in [3.8, 4) is 0 Å². The minimum absolute atomic E-state index is 0.0374. The van der Waals surface area contributed by atoms with Gasteiger partial charge in [-0.1, -0.05) is 0 Å². The summed E-state index contributed by atoms with van der Waals surface area (Å²) in [6.45, 7) is 6.94. The Morgan fingerprint density at radius 2 is 1.79 bits per heavy atom. The average molecular weight is 365 g/mol. The fourth-order valence-electron chi connectivity index (χ4n) is 3.24. The number of likely N-dealkylation sites (N-methyl/N-ethyl adjacent to an activating group) is 1. The predicted molar refractivity (Wildman–Crippen MR) is 92.0 cm³/mol. The monoisotopic (exact) mass is 365 g/mol. The molecule has 1 unspecified atom stereocenters. The number of ether oxygens (including phenoxy) is 3. The maximum Gasteiger partial charge on any atom is 0.348 e. The summed E-state index contributed by atoms with van der Waals surface area (Å²) in [7, 11) is 4.01. The normalized spacial score (nSPS) is 36.0. The molecule has 0 saturated carbocycles. The van der Waals surface area contributed by atoms with Crippen molar-refractivity contribution in [3.05, 3.63) is 0 Å². The summed E-state index contributed by atoms with van der Waals surface area (Å²) < 4.78 is 40.2. The lowest BCUT2D eigenvalue weighted by Gasteiger charge is -2.44. The zero-order valence-electron chi connectivity index (χ0n) is 15.7. The maximum atomic E-state index is 13.7. The quantitative estimate of drug-likeness (QED) is 0.648. The minimum atomic E-state index is -3.21. The van der Waals surface area contributed by atoms with Crippen molar-refractivity contribution in [2.75, 3.05) is 61.0 Å². The van der Waals surface area contributed by atoms with Crippen LogP contribution >= 0.6 is 7.67 Å². The molecule has 0 amide bonds. The predicted octanol–water partition coefficient (Wildman–Crippen LogP) is 1.09. The Bertz CT molecular complexity index is 443. The zero-order valence-corrected chi connectivity index (χ0v) is 16.6. The lowest BCUT2D eigenvalue weighted by Crippen LogP contribution is -2.50. The highest BCUT2D eigenvalue weighted by Gasteiger charge is 2.43. The molecule has 24 heavy (non-hydrogen) atoms. The van der Waals surface area contributed by atoms with Crippen LogP contribution in [-0.4, -0.2) is 99.9 Å². The fraction of sp³-hybridized carbons (Fsp3) is 1.00. The highest BCUT2D eigenvalue weighted by molar-refractivity contribution is 7.53. The van der Waals surface area contributed by atoms with Crippen LogP contribution in [0, 0.1) is 0 Å². The van der Waals surface area contributed by atoms with Gasteiger partial charge >= 0.3 is 7.67 Å². The van der Waals surface area contributed by atoms with Gasteiger partial charge in [-0.25, -0.2) is 9.34 Å². The van der Waals surface area contributed by atoms with Gasteiger partial charge in [-0.3, -0.25) is 14.0 Å². The molecule has 2 heterocycles. The zero-order chi connectivity index (χ0) is 17.9. The van der Waals surface area contributed by atoms with Crippen molar-refractivity contribution >= 4 is 7.67 Å². The van der Waals surface area contributed by atoms with Crippen molar-refractivity contribution in [2.45, 2.75) is 38.4 Å². The molecular formula is C15H32N3O5P. The van der Waals surface area contributed by atoms with Gasteiger partial charge in [0.25, 0.3) is 0 Å². The Balaban J connectivity index is 2.12. The van der Waals surface area contributed by atoms with Gasteiger partial charge in [0.05, 0.1) is 24.9 Å². The Kier molecular flexibility index (Phi) is 7.22. The maximum absolute atomic E-state index is 13.7. The lowest BCUT2D eigenvalue weighted by molar-refractivity contribution is -0.166. The number of methoxy groups -OCH3 is 1. The van der Waals surface area contributed by atoms with Crippen LogP contribution in [-0.2, 0) is 23.3 Å². The number of morpholine rings is 2. The molecule has 0 aromatic carbocycles. The molecule has 9 heteroatoms. The van der Waals surface area contributed by atoms with Crippen molar-refractivity contribution in [1.82, 2.24) is 14.2 Å². The summed E-state index contributed by atoms with van der Waals surface area (Å²) in [4.78, 5) is 2.13. The third kappa shape index (κ3) is 4.99. The van der Waals surface area contributed by atoms with E-state index in [9.17, 15) is 4.57 Å². The van der Waals surface area contributed by atoms with Crippen LogP contribution in [0.25, 0.3) is 0 Å². The summed E-state index contributed by atoms with van der Waals surface area (Å²) >= 11 is 0. The molecule has 142 valence electrons. The molecule has 5 atom stereocenters. The summed E-state index contributed by atoms with van der Waals surface area (Å²) in [6, 6.07) is 0. The van der Waals surface area contributed by atoms with Crippen LogP contribution in [0.15, 0.2) is 0 Å². The van der Waals surface area contributed by atoms with Crippen LogP contribution in [0.1, 0.15) is 13.8 Å². The molecule has 2 fully saturated rings. The van der Waals surface area contributed by atoms with E-state index in [4.69, 9.17) is 18.7 Å². The van der Waals surface area contributed by atoms with Crippen molar-refractivity contribution < 1.29 is 23.3 Å². The molecule has 0 spiro atoms. The first kappa shape index (κ1) is 20.3. The van der Waals surface area contributed by atoms with Crippen LogP contribution in [0.2, 0.25) is 0 Å². The van der Waals surface area contributed by atoms with Gasteiger partial charge in [-0.05, 0) is 35.0 Å². The van der Waals surface area contributed by atoms with Gasteiger partial charge in [0.1, 0.15) is 0 Å². The van der Waals surface area contributed by atoms with Gasteiger partial charge < -0.3 is 14.2 Å². The van der Waals surface area contributed by atoms with Crippen molar-refractivity contribution in [1.29, 1.82) is 0 Å². The first-order chi connectivity index (χ1) is 11.2. The van der Waals surface area contributed by atoms with E-state index >= 15 is 0 Å². The molecule has 2 saturated heterocycles. The number of rotatable bonds is 6.